The molecule has 2 aromatic rings. The van der Waals surface area contributed by atoms with Crippen LogP contribution in [0.2, 0.25) is 0 Å². The molecular weight excluding hydrogens is 324 g/mol. The summed E-state index contributed by atoms with van der Waals surface area (Å²) < 4.78 is 7.08. The molecule has 25 heavy (non-hydrogen) atoms. The van der Waals surface area contributed by atoms with Crippen LogP contribution in [0, 0.1) is 30.9 Å². The van der Waals surface area contributed by atoms with Gasteiger partial charge in [0, 0.05) is 35.1 Å². The lowest BCUT2D eigenvalue weighted by Crippen LogP contribution is -2.15. The van der Waals surface area contributed by atoms with Gasteiger partial charge in [0.1, 0.15) is 0 Å². The molecule has 132 valence electrons. The average molecular weight is 344 g/mol. The zero-order valence-electron chi connectivity index (χ0n) is 14.7. The molecule has 0 aliphatic heterocycles. The van der Waals surface area contributed by atoms with Gasteiger partial charge in [-0.2, -0.15) is 0 Å². The van der Waals surface area contributed by atoms with E-state index in [4.69, 9.17) is 4.74 Å². The summed E-state index contributed by atoms with van der Waals surface area (Å²) in [5.74, 6) is -0.963. The summed E-state index contributed by atoms with van der Waals surface area (Å²) in [7, 11) is 0. The minimum absolute atomic E-state index is 0.0698. The van der Waals surface area contributed by atoms with Crippen LogP contribution in [-0.4, -0.2) is 27.8 Å². The predicted molar refractivity (Wildman–Crippen MR) is 92.0 cm³/mol. The molecule has 7 nitrogen and oxygen atoms in total. The number of nitrogens with zero attached hydrogens (tertiary/aromatic N) is 2. The van der Waals surface area contributed by atoms with Gasteiger partial charge < -0.3 is 9.30 Å². The van der Waals surface area contributed by atoms with E-state index in [2.05, 4.69) is 0 Å². The Kier molecular flexibility index (Phi) is 5.36. The van der Waals surface area contributed by atoms with E-state index in [0.717, 1.165) is 17.9 Å². The Morgan fingerprint density at radius 1 is 1.20 bits per heavy atom. The van der Waals surface area contributed by atoms with E-state index in [-0.39, 0.29) is 23.6 Å². The van der Waals surface area contributed by atoms with Gasteiger partial charge in [0.15, 0.2) is 6.61 Å². The van der Waals surface area contributed by atoms with Crippen molar-refractivity contribution in [3.63, 3.8) is 0 Å². The summed E-state index contributed by atoms with van der Waals surface area (Å²) in [6.45, 7) is 7.69. The highest BCUT2D eigenvalue weighted by Gasteiger charge is 2.19. The van der Waals surface area contributed by atoms with Crippen molar-refractivity contribution in [3.05, 3.63) is 62.5 Å². The van der Waals surface area contributed by atoms with Crippen molar-refractivity contribution in [2.45, 2.75) is 34.2 Å². The standard InChI is InChI=1S/C18H20N2O5/c1-5-19-12(3)9-15(13(19)4)17(21)10-25-18(22)14-6-7-16(20(23)24)11(2)8-14/h6-9H,5,10H2,1-4H3. The number of hydrogen-bond donors (Lipinski definition) is 0. The number of Topliss-reactive ketones (excluding diaryl/α,β-unsaturated/α-hetero) is 1. The Balaban J connectivity index is 2.08. The summed E-state index contributed by atoms with van der Waals surface area (Å²) in [6.07, 6.45) is 0. The third-order valence-electron chi connectivity index (χ3n) is 4.15. The molecular formula is C18H20N2O5. The normalized spacial score (nSPS) is 10.6. The lowest BCUT2D eigenvalue weighted by molar-refractivity contribution is -0.385. The maximum absolute atomic E-state index is 12.3. The predicted octanol–water partition coefficient (Wildman–Crippen LogP) is 3.38. The summed E-state index contributed by atoms with van der Waals surface area (Å²) >= 11 is 0. The van der Waals surface area contributed by atoms with Crippen molar-refractivity contribution in [2.24, 2.45) is 0 Å². The number of rotatable bonds is 6. The number of ether oxygens (including phenoxy) is 1. The molecule has 0 unspecified atom stereocenters. The molecule has 1 heterocycles. The molecule has 0 aliphatic rings. The van der Waals surface area contributed by atoms with Crippen LogP contribution in [-0.2, 0) is 11.3 Å². The number of esters is 1. The minimum Gasteiger partial charge on any atom is -0.454 e. The minimum atomic E-state index is -0.685. The zero-order chi connectivity index (χ0) is 18.7. The number of hydrogen-bond acceptors (Lipinski definition) is 5. The fourth-order valence-electron chi connectivity index (χ4n) is 2.85. The highest BCUT2D eigenvalue weighted by molar-refractivity contribution is 6.00. The monoisotopic (exact) mass is 344 g/mol. The maximum Gasteiger partial charge on any atom is 0.338 e. The topological polar surface area (TPSA) is 91.4 Å². The Hall–Kier alpha value is -2.96. The lowest BCUT2D eigenvalue weighted by Gasteiger charge is -2.07. The molecule has 0 saturated heterocycles. The van der Waals surface area contributed by atoms with Crippen LogP contribution in [0.1, 0.15) is 44.6 Å². The van der Waals surface area contributed by atoms with Crippen molar-refractivity contribution in [2.75, 3.05) is 6.61 Å². The molecule has 2 rings (SSSR count). The van der Waals surface area contributed by atoms with E-state index >= 15 is 0 Å². The zero-order valence-corrected chi connectivity index (χ0v) is 14.7. The van der Waals surface area contributed by atoms with Crippen LogP contribution < -0.4 is 0 Å². The van der Waals surface area contributed by atoms with Gasteiger partial charge in [-0.3, -0.25) is 14.9 Å². The molecule has 0 radical (unpaired) electrons. The van der Waals surface area contributed by atoms with Gasteiger partial charge in [0.2, 0.25) is 5.78 Å². The van der Waals surface area contributed by atoms with Gasteiger partial charge in [-0.15, -0.1) is 0 Å². The number of nitro benzene ring substituents is 1. The number of carbonyl (C=O) groups is 2. The molecule has 0 bridgehead atoms. The molecule has 0 amide bonds. The lowest BCUT2D eigenvalue weighted by atomic mass is 10.1. The average Bonchev–Trinajstić information content (AvgIpc) is 2.85. The third kappa shape index (κ3) is 3.76. The molecule has 1 aromatic heterocycles. The van der Waals surface area contributed by atoms with E-state index in [0.29, 0.717) is 11.1 Å². The number of nitro groups is 1. The van der Waals surface area contributed by atoms with Gasteiger partial charge in [-0.1, -0.05) is 0 Å². The Bertz CT molecular complexity index is 851. The SMILES string of the molecule is CCn1c(C)cc(C(=O)COC(=O)c2ccc([N+](=O)[O-])c(C)c2)c1C. The second-order valence-electron chi connectivity index (χ2n) is 5.79. The van der Waals surface area contributed by atoms with Gasteiger partial charge in [-0.25, -0.2) is 4.79 Å². The molecule has 0 fully saturated rings. The largest absolute Gasteiger partial charge is 0.454 e. The molecule has 0 N–H and O–H groups in total. The smallest absolute Gasteiger partial charge is 0.338 e. The number of benzene rings is 1. The van der Waals surface area contributed by atoms with Crippen LogP contribution in [0.5, 0.6) is 0 Å². The Morgan fingerprint density at radius 2 is 1.88 bits per heavy atom. The molecule has 0 spiro atoms. The first-order valence-corrected chi connectivity index (χ1v) is 7.88. The van der Waals surface area contributed by atoms with Crippen molar-refractivity contribution in [1.29, 1.82) is 0 Å². The van der Waals surface area contributed by atoms with Crippen molar-refractivity contribution >= 4 is 17.4 Å². The van der Waals surface area contributed by atoms with Crippen LogP contribution in [0.25, 0.3) is 0 Å². The van der Waals surface area contributed by atoms with E-state index in [9.17, 15) is 19.7 Å². The number of aromatic nitrogens is 1. The van der Waals surface area contributed by atoms with E-state index in [1.807, 2.05) is 25.3 Å². The third-order valence-corrected chi connectivity index (χ3v) is 4.15. The fourth-order valence-corrected chi connectivity index (χ4v) is 2.85. The van der Waals surface area contributed by atoms with E-state index < -0.39 is 10.9 Å². The molecule has 0 atom stereocenters. The van der Waals surface area contributed by atoms with Crippen molar-refractivity contribution in [1.82, 2.24) is 4.57 Å². The van der Waals surface area contributed by atoms with Gasteiger partial charge in [-0.05, 0) is 45.9 Å². The van der Waals surface area contributed by atoms with Crippen molar-refractivity contribution < 1.29 is 19.2 Å². The number of aryl methyl sites for hydroxylation is 2. The summed E-state index contributed by atoms with van der Waals surface area (Å²) in [6, 6.07) is 5.74. The van der Waals surface area contributed by atoms with Crippen LogP contribution in [0.15, 0.2) is 24.3 Å². The maximum atomic E-state index is 12.3. The second kappa shape index (κ2) is 7.29. The molecule has 7 heteroatoms. The quantitative estimate of drug-likeness (QED) is 0.347. The van der Waals surface area contributed by atoms with E-state index in [1.165, 1.54) is 18.2 Å². The van der Waals surface area contributed by atoms with Gasteiger partial charge in [0.25, 0.3) is 5.69 Å². The van der Waals surface area contributed by atoms with E-state index in [1.54, 1.807) is 13.0 Å². The van der Waals surface area contributed by atoms with Crippen LogP contribution >= 0.6 is 0 Å². The Labute approximate surface area is 145 Å². The highest BCUT2D eigenvalue weighted by atomic mass is 16.6. The highest BCUT2D eigenvalue weighted by Crippen LogP contribution is 2.20. The first-order chi connectivity index (χ1) is 11.8. The van der Waals surface area contributed by atoms with Gasteiger partial charge >= 0.3 is 5.97 Å². The summed E-state index contributed by atoms with van der Waals surface area (Å²) in [5.41, 5.74) is 2.81. The number of ketones is 1. The second-order valence-corrected chi connectivity index (χ2v) is 5.79. The van der Waals surface area contributed by atoms with Gasteiger partial charge in [0.05, 0.1) is 10.5 Å². The number of carbonyl (C=O) groups excluding carboxylic acids is 2. The first-order valence-electron chi connectivity index (χ1n) is 7.88. The summed E-state index contributed by atoms with van der Waals surface area (Å²) in [5, 5.41) is 10.8. The molecule has 0 saturated carbocycles. The summed E-state index contributed by atoms with van der Waals surface area (Å²) in [4.78, 5) is 34.7. The Morgan fingerprint density at radius 3 is 2.40 bits per heavy atom. The molecule has 1 aromatic carbocycles. The fraction of sp³-hybridized carbons (Fsp3) is 0.333. The molecule has 0 aliphatic carbocycles. The van der Waals surface area contributed by atoms with Crippen molar-refractivity contribution in [3.8, 4) is 0 Å². The van der Waals surface area contributed by atoms with Crippen LogP contribution in [0.3, 0.4) is 0 Å². The van der Waals surface area contributed by atoms with Crippen LogP contribution in [0.4, 0.5) is 5.69 Å². The first kappa shape index (κ1) is 18.4.